The van der Waals surface area contributed by atoms with E-state index in [1.165, 1.54) is 0 Å². The van der Waals surface area contributed by atoms with Gasteiger partial charge in [0.15, 0.2) is 0 Å². The van der Waals surface area contributed by atoms with Crippen molar-refractivity contribution in [3.63, 3.8) is 0 Å². The van der Waals surface area contributed by atoms with E-state index >= 15 is 0 Å². The van der Waals surface area contributed by atoms with Gasteiger partial charge in [0.25, 0.3) is 0 Å². The number of hydrogen-bond acceptors (Lipinski definition) is 2. The molecule has 1 N–H and O–H groups in total. The van der Waals surface area contributed by atoms with E-state index in [2.05, 4.69) is 19.2 Å². The second kappa shape index (κ2) is 6.21. The Hall–Kier alpha value is -0.440. The Morgan fingerprint density at radius 1 is 1.40 bits per heavy atom. The first kappa shape index (κ1) is 14.6. The number of alkyl halides is 1. The summed E-state index contributed by atoms with van der Waals surface area (Å²) < 4.78 is 5.14. The Morgan fingerprint density at radius 3 is 2.27 bits per heavy atom. The number of nitrogens with one attached hydrogen (secondary N) is 1. The average Bonchev–Trinajstić information content (AvgIpc) is 1.98. The minimum atomic E-state index is -0.460. The van der Waals surface area contributed by atoms with Gasteiger partial charge >= 0.3 is 6.09 Å². The van der Waals surface area contributed by atoms with Gasteiger partial charge in [0.2, 0.25) is 0 Å². The number of rotatable bonds is 4. The maximum atomic E-state index is 11.4. The van der Waals surface area contributed by atoms with Crippen LogP contribution in [0.25, 0.3) is 0 Å². The molecule has 0 bridgehead atoms. The molecule has 1 amide bonds. The lowest BCUT2D eigenvalue weighted by Gasteiger charge is -2.23. The van der Waals surface area contributed by atoms with Crippen molar-refractivity contribution < 1.29 is 9.53 Å². The molecule has 0 spiro atoms. The van der Waals surface area contributed by atoms with Gasteiger partial charge in [-0.25, -0.2) is 4.79 Å². The first-order chi connectivity index (χ1) is 6.74. The van der Waals surface area contributed by atoms with Crippen molar-refractivity contribution in [2.45, 2.75) is 52.7 Å². The zero-order valence-corrected chi connectivity index (χ0v) is 11.0. The van der Waals surface area contributed by atoms with Crippen LogP contribution >= 0.6 is 11.6 Å². The van der Waals surface area contributed by atoms with Crippen LogP contribution in [-0.2, 0) is 4.74 Å². The Balaban J connectivity index is 4.02. The number of carbonyl (C=O) groups is 1. The highest BCUT2D eigenvalue weighted by atomic mass is 35.5. The first-order valence-electron chi connectivity index (χ1n) is 5.30. The van der Waals surface area contributed by atoms with E-state index in [4.69, 9.17) is 16.3 Å². The number of carbonyl (C=O) groups excluding carboxylic acids is 1. The summed E-state index contributed by atoms with van der Waals surface area (Å²) in [6.45, 7) is 9.70. The molecular weight excluding hydrogens is 214 g/mol. The molecule has 0 aliphatic rings. The van der Waals surface area contributed by atoms with E-state index in [0.717, 1.165) is 6.42 Å². The fraction of sp³-hybridized carbons (Fsp3) is 0.909. The summed E-state index contributed by atoms with van der Waals surface area (Å²) in [4.78, 5) is 11.4. The standard InChI is InChI=1S/C11H22ClNO2/c1-8(2)6-9(7-12)13-10(14)15-11(3,4)5/h8-9H,6-7H2,1-5H3,(H,13,14)/t9-/m1/s1. The number of ether oxygens (including phenoxy) is 1. The van der Waals surface area contributed by atoms with Crippen molar-refractivity contribution in [3.8, 4) is 0 Å². The molecule has 0 aliphatic heterocycles. The quantitative estimate of drug-likeness (QED) is 0.761. The van der Waals surface area contributed by atoms with Gasteiger partial charge in [0.05, 0.1) is 0 Å². The third-order valence-corrected chi connectivity index (χ3v) is 2.04. The average molecular weight is 236 g/mol. The smallest absolute Gasteiger partial charge is 0.407 e. The minimum absolute atomic E-state index is 0.0125. The lowest BCUT2D eigenvalue weighted by molar-refractivity contribution is 0.0504. The molecule has 0 saturated carbocycles. The summed E-state index contributed by atoms with van der Waals surface area (Å²) in [5, 5.41) is 2.76. The van der Waals surface area contributed by atoms with Gasteiger partial charge in [-0.2, -0.15) is 0 Å². The third-order valence-electron chi connectivity index (χ3n) is 1.66. The Kier molecular flexibility index (Phi) is 6.03. The molecule has 15 heavy (non-hydrogen) atoms. The van der Waals surface area contributed by atoms with E-state index in [1.54, 1.807) is 0 Å². The topological polar surface area (TPSA) is 38.3 Å². The van der Waals surface area contributed by atoms with Crippen molar-refractivity contribution in [2.24, 2.45) is 5.92 Å². The molecule has 0 aromatic carbocycles. The molecule has 0 aromatic heterocycles. The molecule has 0 saturated heterocycles. The predicted molar refractivity (Wildman–Crippen MR) is 63.3 cm³/mol. The van der Waals surface area contributed by atoms with Crippen LogP contribution in [0.5, 0.6) is 0 Å². The van der Waals surface area contributed by atoms with Gasteiger partial charge in [-0.1, -0.05) is 13.8 Å². The van der Waals surface area contributed by atoms with Crippen molar-refractivity contribution in [3.05, 3.63) is 0 Å². The van der Waals surface area contributed by atoms with Crippen LogP contribution in [0.1, 0.15) is 41.0 Å². The number of amides is 1. The van der Waals surface area contributed by atoms with Crippen LogP contribution in [0.3, 0.4) is 0 Å². The summed E-state index contributed by atoms with van der Waals surface area (Å²) in [5.41, 5.74) is -0.460. The lowest BCUT2D eigenvalue weighted by atomic mass is 10.1. The van der Waals surface area contributed by atoms with Crippen molar-refractivity contribution in [2.75, 3.05) is 5.88 Å². The molecule has 3 nitrogen and oxygen atoms in total. The maximum absolute atomic E-state index is 11.4. The molecule has 0 heterocycles. The fourth-order valence-corrected chi connectivity index (χ4v) is 1.41. The Morgan fingerprint density at radius 2 is 1.93 bits per heavy atom. The molecule has 0 aromatic rings. The van der Waals surface area contributed by atoms with Gasteiger partial charge < -0.3 is 10.1 Å². The van der Waals surface area contributed by atoms with Crippen LogP contribution in [0, 0.1) is 5.92 Å². The fourth-order valence-electron chi connectivity index (χ4n) is 1.20. The summed E-state index contributed by atoms with van der Waals surface area (Å²) in [6.07, 6.45) is 0.469. The number of alkyl carbamates (subject to hydrolysis) is 1. The van der Waals surface area contributed by atoms with Gasteiger partial charge in [0.1, 0.15) is 5.60 Å². The van der Waals surface area contributed by atoms with Crippen molar-refractivity contribution in [1.29, 1.82) is 0 Å². The predicted octanol–water partition coefficient (Wildman–Crippen LogP) is 3.16. The van der Waals surface area contributed by atoms with Gasteiger partial charge in [-0.15, -0.1) is 11.6 Å². The molecular formula is C11H22ClNO2. The van der Waals surface area contributed by atoms with Gasteiger partial charge in [-0.3, -0.25) is 0 Å². The SMILES string of the molecule is CC(C)C[C@H](CCl)NC(=O)OC(C)(C)C. The van der Waals surface area contributed by atoms with Gasteiger partial charge in [-0.05, 0) is 33.1 Å². The zero-order valence-electron chi connectivity index (χ0n) is 10.3. The molecule has 0 fully saturated rings. The van der Waals surface area contributed by atoms with Crippen LogP contribution in [0.4, 0.5) is 4.79 Å². The van der Waals surface area contributed by atoms with Crippen LogP contribution < -0.4 is 5.32 Å². The van der Waals surface area contributed by atoms with Crippen LogP contribution in [-0.4, -0.2) is 23.6 Å². The van der Waals surface area contributed by atoms with Crippen LogP contribution in [0.2, 0.25) is 0 Å². The normalized spacial score (nSPS) is 13.8. The molecule has 0 unspecified atom stereocenters. The number of halogens is 1. The second-order valence-electron chi connectivity index (χ2n) is 5.13. The summed E-state index contributed by atoms with van der Waals surface area (Å²) in [5.74, 6) is 0.918. The number of hydrogen-bond donors (Lipinski definition) is 1. The molecule has 0 aliphatic carbocycles. The molecule has 0 radical (unpaired) electrons. The van der Waals surface area contributed by atoms with Crippen molar-refractivity contribution in [1.82, 2.24) is 5.32 Å². The summed E-state index contributed by atoms with van der Waals surface area (Å²) in [7, 11) is 0. The monoisotopic (exact) mass is 235 g/mol. The maximum Gasteiger partial charge on any atom is 0.407 e. The van der Waals surface area contributed by atoms with E-state index < -0.39 is 11.7 Å². The third kappa shape index (κ3) is 8.55. The minimum Gasteiger partial charge on any atom is -0.444 e. The highest BCUT2D eigenvalue weighted by Gasteiger charge is 2.19. The highest BCUT2D eigenvalue weighted by molar-refractivity contribution is 6.18. The highest BCUT2D eigenvalue weighted by Crippen LogP contribution is 2.09. The van der Waals surface area contributed by atoms with Gasteiger partial charge in [0, 0.05) is 11.9 Å². The second-order valence-corrected chi connectivity index (χ2v) is 5.44. The van der Waals surface area contributed by atoms with E-state index in [1.807, 2.05) is 20.8 Å². The zero-order chi connectivity index (χ0) is 12.1. The molecule has 90 valence electrons. The Labute approximate surface area is 97.5 Å². The Bertz CT molecular complexity index is 199. The molecule has 4 heteroatoms. The van der Waals surface area contributed by atoms with Crippen molar-refractivity contribution >= 4 is 17.7 Å². The van der Waals surface area contributed by atoms with E-state index in [-0.39, 0.29) is 6.04 Å². The molecule has 0 rings (SSSR count). The van der Waals surface area contributed by atoms with E-state index in [9.17, 15) is 4.79 Å². The first-order valence-corrected chi connectivity index (χ1v) is 5.83. The lowest BCUT2D eigenvalue weighted by Crippen LogP contribution is -2.40. The summed E-state index contributed by atoms with van der Waals surface area (Å²) in [6, 6.07) is -0.0125. The summed E-state index contributed by atoms with van der Waals surface area (Å²) >= 11 is 5.76. The van der Waals surface area contributed by atoms with E-state index in [0.29, 0.717) is 11.8 Å². The largest absolute Gasteiger partial charge is 0.444 e. The van der Waals surface area contributed by atoms with Crippen LogP contribution in [0.15, 0.2) is 0 Å². The molecule has 1 atom stereocenters.